The zero-order valence-corrected chi connectivity index (χ0v) is 9.94. The minimum absolute atomic E-state index is 0.265. The molecule has 17 heavy (non-hydrogen) atoms. The molecule has 0 radical (unpaired) electrons. The standard InChI is InChI=1S/C13H12N2O2/c1-8-4-9(2)13(16-3)11(5-8)12-6-10(7-14)15-17-12/h4-6H,1-3H3. The molecule has 0 saturated heterocycles. The van der Waals surface area contributed by atoms with Crippen LogP contribution in [0.1, 0.15) is 16.8 Å². The third kappa shape index (κ3) is 2.00. The van der Waals surface area contributed by atoms with E-state index < -0.39 is 0 Å². The molecule has 0 atom stereocenters. The van der Waals surface area contributed by atoms with Gasteiger partial charge in [-0.05, 0) is 31.0 Å². The van der Waals surface area contributed by atoms with Crippen LogP contribution in [0.5, 0.6) is 5.75 Å². The molecule has 1 aromatic carbocycles. The molecule has 0 aliphatic carbocycles. The van der Waals surface area contributed by atoms with Gasteiger partial charge < -0.3 is 9.26 Å². The van der Waals surface area contributed by atoms with Crippen molar-refractivity contribution < 1.29 is 9.26 Å². The number of nitrogens with zero attached hydrogens (tertiary/aromatic N) is 2. The number of hydrogen-bond acceptors (Lipinski definition) is 4. The molecule has 0 spiro atoms. The number of aromatic nitrogens is 1. The van der Waals surface area contributed by atoms with Gasteiger partial charge in [0.2, 0.25) is 0 Å². The van der Waals surface area contributed by atoms with Gasteiger partial charge in [-0.3, -0.25) is 0 Å². The van der Waals surface area contributed by atoms with Gasteiger partial charge in [0, 0.05) is 6.07 Å². The maximum atomic E-state index is 8.73. The second-order valence-corrected chi connectivity index (χ2v) is 3.85. The first-order valence-electron chi connectivity index (χ1n) is 5.18. The van der Waals surface area contributed by atoms with Crippen molar-refractivity contribution in [3.63, 3.8) is 0 Å². The van der Waals surface area contributed by atoms with Gasteiger partial charge >= 0.3 is 0 Å². The molecule has 0 bridgehead atoms. The smallest absolute Gasteiger partial charge is 0.184 e. The molecule has 4 nitrogen and oxygen atoms in total. The van der Waals surface area contributed by atoms with Gasteiger partial charge in [-0.2, -0.15) is 5.26 Å². The first-order valence-corrected chi connectivity index (χ1v) is 5.18. The maximum Gasteiger partial charge on any atom is 0.184 e. The number of rotatable bonds is 2. The van der Waals surface area contributed by atoms with Crippen molar-refractivity contribution in [1.29, 1.82) is 5.26 Å². The Morgan fingerprint density at radius 1 is 1.29 bits per heavy atom. The van der Waals surface area contributed by atoms with Crippen LogP contribution in [0.3, 0.4) is 0 Å². The highest BCUT2D eigenvalue weighted by Crippen LogP contribution is 2.34. The van der Waals surface area contributed by atoms with Gasteiger partial charge in [0.05, 0.1) is 12.7 Å². The molecule has 0 aliphatic heterocycles. The van der Waals surface area contributed by atoms with Crippen LogP contribution < -0.4 is 4.74 Å². The molecule has 2 aromatic rings. The van der Waals surface area contributed by atoms with E-state index in [-0.39, 0.29) is 5.69 Å². The lowest BCUT2D eigenvalue weighted by Gasteiger charge is -2.10. The van der Waals surface area contributed by atoms with Crippen LogP contribution in [0.25, 0.3) is 11.3 Å². The summed E-state index contributed by atoms with van der Waals surface area (Å²) in [5.41, 5.74) is 3.21. The number of benzene rings is 1. The van der Waals surface area contributed by atoms with Crippen LogP contribution in [0.2, 0.25) is 0 Å². The van der Waals surface area contributed by atoms with Crippen LogP contribution >= 0.6 is 0 Å². The van der Waals surface area contributed by atoms with Crippen LogP contribution in [-0.2, 0) is 0 Å². The normalized spacial score (nSPS) is 10.0. The minimum atomic E-state index is 0.265. The first-order chi connectivity index (χ1) is 8.15. The number of hydrogen-bond donors (Lipinski definition) is 0. The van der Waals surface area contributed by atoms with Crippen molar-refractivity contribution >= 4 is 0 Å². The average Bonchev–Trinajstić information content (AvgIpc) is 2.76. The Bertz CT molecular complexity index is 594. The molecule has 0 unspecified atom stereocenters. The van der Waals surface area contributed by atoms with Gasteiger partial charge in [0.1, 0.15) is 11.8 Å². The Morgan fingerprint density at radius 2 is 2.06 bits per heavy atom. The largest absolute Gasteiger partial charge is 0.496 e. The van der Waals surface area contributed by atoms with E-state index in [0.717, 1.165) is 22.4 Å². The highest BCUT2D eigenvalue weighted by atomic mass is 16.5. The van der Waals surface area contributed by atoms with Crippen LogP contribution in [0, 0.1) is 25.2 Å². The van der Waals surface area contributed by atoms with E-state index >= 15 is 0 Å². The van der Waals surface area contributed by atoms with Crippen LogP contribution in [-0.4, -0.2) is 12.3 Å². The van der Waals surface area contributed by atoms with Gasteiger partial charge in [-0.1, -0.05) is 11.2 Å². The molecule has 0 saturated carbocycles. The molecule has 0 N–H and O–H groups in total. The Kier molecular flexibility index (Phi) is 2.84. The summed E-state index contributed by atoms with van der Waals surface area (Å²) in [7, 11) is 1.61. The van der Waals surface area contributed by atoms with E-state index in [1.54, 1.807) is 13.2 Å². The summed E-state index contributed by atoms with van der Waals surface area (Å²) >= 11 is 0. The number of aryl methyl sites for hydroxylation is 2. The lowest BCUT2D eigenvalue weighted by atomic mass is 10.0. The third-order valence-corrected chi connectivity index (χ3v) is 2.51. The highest BCUT2D eigenvalue weighted by Gasteiger charge is 2.14. The monoisotopic (exact) mass is 228 g/mol. The topological polar surface area (TPSA) is 59.0 Å². The molecule has 0 fully saturated rings. The van der Waals surface area contributed by atoms with Gasteiger partial charge in [-0.25, -0.2) is 0 Å². The molecule has 2 rings (SSSR count). The molecule has 0 amide bonds. The lowest BCUT2D eigenvalue weighted by molar-refractivity contribution is 0.403. The zero-order valence-electron chi connectivity index (χ0n) is 9.94. The fraction of sp³-hybridized carbons (Fsp3) is 0.231. The van der Waals surface area contributed by atoms with Crippen molar-refractivity contribution in [1.82, 2.24) is 5.16 Å². The first kappa shape index (κ1) is 11.2. The molecule has 0 aliphatic rings. The number of ether oxygens (including phenoxy) is 1. The Balaban J connectivity index is 2.62. The fourth-order valence-electron chi connectivity index (χ4n) is 1.86. The maximum absolute atomic E-state index is 8.73. The summed E-state index contributed by atoms with van der Waals surface area (Å²) in [6, 6.07) is 7.53. The zero-order chi connectivity index (χ0) is 12.4. The fourth-order valence-corrected chi connectivity index (χ4v) is 1.86. The average molecular weight is 228 g/mol. The van der Waals surface area contributed by atoms with E-state index in [2.05, 4.69) is 5.16 Å². The predicted octanol–water partition coefficient (Wildman–Crippen LogP) is 2.84. The lowest BCUT2D eigenvalue weighted by Crippen LogP contribution is -1.92. The van der Waals surface area contributed by atoms with E-state index in [1.807, 2.05) is 32.0 Å². The Hall–Kier alpha value is -2.28. The van der Waals surface area contributed by atoms with E-state index in [0.29, 0.717) is 5.76 Å². The van der Waals surface area contributed by atoms with E-state index in [9.17, 15) is 0 Å². The Morgan fingerprint density at radius 3 is 2.65 bits per heavy atom. The quantitative estimate of drug-likeness (QED) is 0.793. The molecular weight excluding hydrogens is 216 g/mol. The summed E-state index contributed by atoms with van der Waals surface area (Å²) in [6.07, 6.45) is 0. The molecule has 4 heteroatoms. The van der Waals surface area contributed by atoms with Crippen LogP contribution in [0.15, 0.2) is 22.7 Å². The predicted molar refractivity (Wildman–Crippen MR) is 62.7 cm³/mol. The molecule has 1 aromatic heterocycles. The minimum Gasteiger partial charge on any atom is -0.496 e. The summed E-state index contributed by atoms with van der Waals surface area (Å²) in [5.74, 6) is 1.29. The molecule has 1 heterocycles. The Labute approximate surface area is 99.4 Å². The number of nitriles is 1. The van der Waals surface area contributed by atoms with Gasteiger partial charge in [0.25, 0.3) is 0 Å². The van der Waals surface area contributed by atoms with E-state index in [4.69, 9.17) is 14.5 Å². The summed E-state index contributed by atoms with van der Waals surface area (Å²) in [6.45, 7) is 3.97. The summed E-state index contributed by atoms with van der Waals surface area (Å²) < 4.78 is 10.5. The molecule has 86 valence electrons. The van der Waals surface area contributed by atoms with Crippen LogP contribution in [0.4, 0.5) is 0 Å². The summed E-state index contributed by atoms with van der Waals surface area (Å²) in [4.78, 5) is 0. The van der Waals surface area contributed by atoms with Crippen molar-refractivity contribution in [3.05, 3.63) is 35.0 Å². The highest BCUT2D eigenvalue weighted by molar-refractivity contribution is 5.69. The molecular formula is C13H12N2O2. The van der Waals surface area contributed by atoms with Crippen molar-refractivity contribution in [2.45, 2.75) is 13.8 Å². The summed E-state index contributed by atoms with van der Waals surface area (Å²) in [5, 5.41) is 12.4. The van der Waals surface area contributed by atoms with Crippen molar-refractivity contribution in [2.24, 2.45) is 0 Å². The SMILES string of the molecule is COc1c(C)cc(C)cc1-c1cc(C#N)no1. The van der Waals surface area contributed by atoms with Crippen molar-refractivity contribution in [3.8, 4) is 23.1 Å². The van der Waals surface area contributed by atoms with Crippen molar-refractivity contribution in [2.75, 3.05) is 7.11 Å². The van der Waals surface area contributed by atoms with Gasteiger partial charge in [-0.15, -0.1) is 0 Å². The third-order valence-electron chi connectivity index (χ3n) is 2.51. The second kappa shape index (κ2) is 4.30. The van der Waals surface area contributed by atoms with Gasteiger partial charge in [0.15, 0.2) is 11.5 Å². The second-order valence-electron chi connectivity index (χ2n) is 3.85. The number of methoxy groups -OCH3 is 1. The van der Waals surface area contributed by atoms with E-state index in [1.165, 1.54) is 0 Å².